The lowest BCUT2D eigenvalue weighted by molar-refractivity contribution is 0.0697. The number of hydrogen-bond acceptors (Lipinski definition) is 5. The Morgan fingerprint density at radius 2 is 1.49 bits per heavy atom. The third-order valence-electron chi connectivity index (χ3n) is 8.48. The number of ether oxygens (including phenoxy) is 2. The van der Waals surface area contributed by atoms with Gasteiger partial charge in [0.1, 0.15) is 19.0 Å². The molecule has 0 radical (unpaired) electrons. The second kappa shape index (κ2) is 10.9. The highest BCUT2D eigenvalue weighted by Crippen LogP contribution is 2.47. The van der Waals surface area contributed by atoms with Gasteiger partial charge in [-0.05, 0) is 57.0 Å². The molecule has 1 unspecified atom stereocenters. The molecular formula is C36H29NO6. The van der Waals surface area contributed by atoms with Gasteiger partial charge >= 0.3 is 12.1 Å². The van der Waals surface area contributed by atoms with E-state index in [1.807, 2.05) is 54.6 Å². The van der Waals surface area contributed by atoms with Crippen LogP contribution in [0.3, 0.4) is 0 Å². The number of amides is 1. The minimum absolute atomic E-state index is 0.0912. The van der Waals surface area contributed by atoms with Crippen LogP contribution in [0.1, 0.15) is 44.4 Å². The van der Waals surface area contributed by atoms with Gasteiger partial charge in [0.2, 0.25) is 0 Å². The first-order valence-corrected chi connectivity index (χ1v) is 14.3. The molecule has 0 saturated carbocycles. The van der Waals surface area contributed by atoms with Gasteiger partial charge < -0.3 is 19.7 Å². The summed E-state index contributed by atoms with van der Waals surface area (Å²) in [4.78, 5) is 27.2. The van der Waals surface area contributed by atoms with E-state index in [0.29, 0.717) is 34.4 Å². The zero-order valence-electron chi connectivity index (χ0n) is 23.3. The molecule has 5 aromatic carbocycles. The molecule has 2 aliphatic rings. The molecule has 0 spiro atoms. The number of hydrogen-bond donors (Lipinski definition) is 2. The number of nitrogens with zero attached hydrogens (tertiary/aromatic N) is 1. The molecule has 1 heterocycles. The van der Waals surface area contributed by atoms with E-state index in [1.165, 1.54) is 4.90 Å². The predicted octanol–water partition coefficient (Wildman–Crippen LogP) is 6.96. The van der Waals surface area contributed by atoms with E-state index in [4.69, 9.17) is 9.47 Å². The highest BCUT2D eigenvalue weighted by Gasteiger charge is 2.37. The molecule has 2 N–H and O–H groups in total. The highest BCUT2D eigenvalue weighted by atomic mass is 16.6. The second-order valence-electron chi connectivity index (χ2n) is 10.9. The Bertz CT molecular complexity index is 1820. The molecule has 7 rings (SSSR count). The average molecular weight is 572 g/mol. The Labute approximate surface area is 248 Å². The fourth-order valence-corrected chi connectivity index (χ4v) is 6.44. The van der Waals surface area contributed by atoms with Crippen molar-refractivity contribution in [2.75, 3.05) is 24.7 Å². The summed E-state index contributed by atoms with van der Waals surface area (Å²) < 4.78 is 12.2. The normalized spacial score (nSPS) is 15.2. The third kappa shape index (κ3) is 4.68. The van der Waals surface area contributed by atoms with E-state index < -0.39 is 18.0 Å². The van der Waals surface area contributed by atoms with Crippen LogP contribution < -0.4 is 9.64 Å². The zero-order valence-corrected chi connectivity index (χ0v) is 23.3. The van der Waals surface area contributed by atoms with E-state index in [9.17, 15) is 19.8 Å². The third-order valence-corrected chi connectivity index (χ3v) is 8.48. The lowest BCUT2D eigenvalue weighted by atomic mass is 9.93. The summed E-state index contributed by atoms with van der Waals surface area (Å²) in [6, 6.07) is 32.7. The van der Waals surface area contributed by atoms with Gasteiger partial charge in [0.05, 0.1) is 17.9 Å². The Morgan fingerprint density at radius 3 is 2.16 bits per heavy atom. The SMILES string of the molecule is O=C(O)c1ccc2c(OCc3ccccc3)cc3c(c2c1)C(CO)CN3C(=O)OCC1c2ccccc2-c2ccccc21. The van der Waals surface area contributed by atoms with Crippen molar-refractivity contribution in [2.45, 2.75) is 18.4 Å². The Hall–Kier alpha value is -5.14. The zero-order chi connectivity index (χ0) is 29.5. The van der Waals surface area contributed by atoms with Crippen LogP contribution in [0.4, 0.5) is 10.5 Å². The number of aliphatic hydroxyl groups is 1. The smallest absolute Gasteiger partial charge is 0.414 e. The number of benzene rings is 5. The first kappa shape index (κ1) is 26.7. The Morgan fingerprint density at radius 1 is 0.814 bits per heavy atom. The van der Waals surface area contributed by atoms with Gasteiger partial charge in [0.25, 0.3) is 0 Å². The maximum atomic E-state index is 13.7. The van der Waals surface area contributed by atoms with E-state index >= 15 is 0 Å². The van der Waals surface area contributed by atoms with Gasteiger partial charge in [0, 0.05) is 29.8 Å². The lowest BCUT2D eigenvalue weighted by Crippen LogP contribution is -2.32. The number of aliphatic hydroxyl groups excluding tert-OH is 1. The van der Waals surface area contributed by atoms with Crippen LogP contribution in [0.15, 0.2) is 103 Å². The van der Waals surface area contributed by atoms with Crippen molar-refractivity contribution in [3.63, 3.8) is 0 Å². The topological polar surface area (TPSA) is 96.3 Å². The molecule has 0 aromatic heterocycles. The van der Waals surface area contributed by atoms with Crippen molar-refractivity contribution in [1.82, 2.24) is 0 Å². The fraction of sp³-hybridized carbons (Fsp3) is 0.167. The first-order valence-electron chi connectivity index (χ1n) is 14.3. The summed E-state index contributed by atoms with van der Waals surface area (Å²) >= 11 is 0. The van der Waals surface area contributed by atoms with Crippen LogP contribution >= 0.6 is 0 Å². The van der Waals surface area contributed by atoms with Gasteiger partial charge in [-0.1, -0.05) is 78.9 Å². The first-order chi connectivity index (χ1) is 21.0. The van der Waals surface area contributed by atoms with Gasteiger partial charge in [0.15, 0.2) is 0 Å². The summed E-state index contributed by atoms with van der Waals surface area (Å²) in [5, 5.41) is 21.4. The molecule has 7 nitrogen and oxygen atoms in total. The summed E-state index contributed by atoms with van der Waals surface area (Å²) in [6.45, 7) is 0.453. The Balaban J connectivity index is 1.24. The van der Waals surface area contributed by atoms with E-state index in [0.717, 1.165) is 27.8 Å². The van der Waals surface area contributed by atoms with Crippen LogP contribution in [0.5, 0.6) is 5.75 Å². The summed E-state index contributed by atoms with van der Waals surface area (Å²) in [6.07, 6.45) is -0.526. The van der Waals surface area contributed by atoms with Crippen molar-refractivity contribution in [3.8, 4) is 16.9 Å². The van der Waals surface area contributed by atoms with Crippen molar-refractivity contribution >= 4 is 28.5 Å². The number of anilines is 1. The van der Waals surface area contributed by atoms with Gasteiger partial charge in [-0.25, -0.2) is 9.59 Å². The van der Waals surface area contributed by atoms with Crippen molar-refractivity contribution < 1.29 is 29.3 Å². The number of rotatable bonds is 7. The number of carboxylic acid groups (broad SMARTS) is 1. The van der Waals surface area contributed by atoms with E-state index in [1.54, 1.807) is 24.3 Å². The molecule has 0 fully saturated rings. The maximum Gasteiger partial charge on any atom is 0.414 e. The van der Waals surface area contributed by atoms with Gasteiger partial charge in [-0.2, -0.15) is 0 Å². The average Bonchev–Trinajstić information content (AvgIpc) is 3.58. The molecule has 1 atom stereocenters. The van der Waals surface area contributed by atoms with Crippen LogP contribution in [0.2, 0.25) is 0 Å². The minimum Gasteiger partial charge on any atom is -0.488 e. The summed E-state index contributed by atoms with van der Waals surface area (Å²) in [7, 11) is 0. The maximum absolute atomic E-state index is 13.7. The quantitative estimate of drug-likeness (QED) is 0.219. The van der Waals surface area contributed by atoms with Crippen LogP contribution in [-0.2, 0) is 11.3 Å². The van der Waals surface area contributed by atoms with Crippen molar-refractivity contribution in [1.29, 1.82) is 0 Å². The van der Waals surface area contributed by atoms with Crippen molar-refractivity contribution in [3.05, 3.63) is 131 Å². The van der Waals surface area contributed by atoms with E-state index in [-0.39, 0.29) is 31.2 Å². The summed E-state index contributed by atoms with van der Waals surface area (Å²) in [5.41, 5.74) is 6.88. The lowest BCUT2D eigenvalue weighted by Gasteiger charge is -2.21. The highest BCUT2D eigenvalue weighted by molar-refractivity contribution is 6.04. The summed E-state index contributed by atoms with van der Waals surface area (Å²) in [5.74, 6) is -1.04. The van der Waals surface area contributed by atoms with Gasteiger partial charge in [-0.3, -0.25) is 4.90 Å². The predicted molar refractivity (Wildman–Crippen MR) is 164 cm³/mol. The molecule has 0 bridgehead atoms. The molecule has 1 amide bonds. The van der Waals surface area contributed by atoms with Crippen LogP contribution in [-0.4, -0.2) is 42.0 Å². The number of carbonyl (C=O) groups excluding carboxylic acids is 1. The van der Waals surface area contributed by atoms with E-state index in [2.05, 4.69) is 24.3 Å². The molecule has 214 valence electrons. The largest absolute Gasteiger partial charge is 0.488 e. The Kier molecular flexibility index (Phi) is 6.80. The van der Waals surface area contributed by atoms with Crippen LogP contribution in [0, 0.1) is 0 Å². The monoisotopic (exact) mass is 571 g/mol. The van der Waals surface area contributed by atoms with Gasteiger partial charge in [-0.15, -0.1) is 0 Å². The fourth-order valence-electron chi connectivity index (χ4n) is 6.44. The number of carboxylic acids is 1. The number of fused-ring (bicyclic) bond motifs is 6. The standard InChI is InChI=1S/C36H29NO6/c38-19-24-18-37(36(41)43-21-31-27-12-6-4-10-25(27)26-11-5-7-13-28(26)31)32-17-33(42-20-22-8-2-1-3-9-22)29-15-14-23(35(39)40)16-30(29)34(24)32/h1-17,24,31,38H,18-21H2,(H,39,40). The molecule has 5 aromatic rings. The molecular weight excluding hydrogens is 542 g/mol. The number of aromatic carboxylic acids is 1. The van der Waals surface area contributed by atoms with Crippen LogP contribution in [0.25, 0.3) is 21.9 Å². The molecule has 0 saturated heterocycles. The molecule has 7 heteroatoms. The minimum atomic E-state index is -1.06. The number of carbonyl (C=O) groups is 2. The molecule has 1 aliphatic heterocycles. The molecule has 43 heavy (non-hydrogen) atoms. The molecule has 1 aliphatic carbocycles. The second-order valence-corrected chi connectivity index (χ2v) is 10.9. The van der Waals surface area contributed by atoms with Crippen molar-refractivity contribution in [2.24, 2.45) is 0 Å².